The molecule has 1 aromatic carbocycles. The van der Waals surface area contributed by atoms with E-state index < -0.39 is 23.8 Å². The predicted octanol–water partition coefficient (Wildman–Crippen LogP) is 1.40. The summed E-state index contributed by atoms with van der Waals surface area (Å²) >= 11 is 0. The largest absolute Gasteiger partial charge is 0.481 e. The van der Waals surface area contributed by atoms with Gasteiger partial charge in [0.1, 0.15) is 0 Å². The standard InChI is InChI=1S/C14H15NO5/c16-11(17)7-3-4-8-15-10-6-2-1-5-9(10)13(18)12(15)14(19)20/h1-2,5-6,12H,3-4,7-8H2,(H,16,17)(H,19,20)/t12-/m0/s1. The molecule has 0 aliphatic carbocycles. The van der Waals surface area contributed by atoms with Gasteiger partial charge in [-0.1, -0.05) is 12.1 Å². The molecule has 0 bridgehead atoms. The van der Waals surface area contributed by atoms with E-state index in [1.54, 1.807) is 29.2 Å². The van der Waals surface area contributed by atoms with Gasteiger partial charge in [-0.2, -0.15) is 0 Å². The lowest BCUT2D eigenvalue weighted by molar-refractivity contribution is -0.138. The van der Waals surface area contributed by atoms with Crippen molar-refractivity contribution < 1.29 is 24.6 Å². The fraction of sp³-hybridized carbons (Fsp3) is 0.357. The number of fused-ring (bicyclic) bond motifs is 1. The molecule has 106 valence electrons. The minimum absolute atomic E-state index is 0.0428. The van der Waals surface area contributed by atoms with Gasteiger partial charge >= 0.3 is 11.9 Å². The van der Waals surface area contributed by atoms with E-state index in [9.17, 15) is 19.5 Å². The minimum Gasteiger partial charge on any atom is -0.481 e. The Bertz CT molecular complexity index is 554. The second-order valence-electron chi connectivity index (χ2n) is 4.67. The van der Waals surface area contributed by atoms with E-state index in [0.29, 0.717) is 30.6 Å². The van der Waals surface area contributed by atoms with Gasteiger partial charge in [0.05, 0.1) is 0 Å². The number of carboxylic acids is 2. The van der Waals surface area contributed by atoms with E-state index in [1.807, 2.05) is 0 Å². The molecule has 1 aliphatic heterocycles. The average molecular weight is 277 g/mol. The van der Waals surface area contributed by atoms with Crippen molar-refractivity contribution >= 4 is 23.4 Å². The van der Waals surface area contributed by atoms with Gasteiger partial charge in [-0.25, -0.2) is 4.79 Å². The van der Waals surface area contributed by atoms with Crippen molar-refractivity contribution in [3.05, 3.63) is 29.8 Å². The maximum atomic E-state index is 12.1. The molecule has 0 radical (unpaired) electrons. The summed E-state index contributed by atoms with van der Waals surface area (Å²) in [5.41, 5.74) is 1.03. The molecular formula is C14H15NO5. The Hall–Kier alpha value is -2.37. The summed E-state index contributed by atoms with van der Waals surface area (Å²) in [6.07, 6.45) is 1.02. The number of para-hydroxylation sites is 1. The fourth-order valence-electron chi connectivity index (χ4n) is 2.41. The van der Waals surface area contributed by atoms with E-state index in [1.165, 1.54) is 0 Å². The van der Waals surface area contributed by atoms with Gasteiger partial charge in [-0.3, -0.25) is 9.59 Å². The third kappa shape index (κ3) is 2.64. The normalized spacial score (nSPS) is 17.1. The number of carboxylic acid groups (broad SMARTS) is 2. The van der Waals surface area contributed by atoms with Gasteiger partial charge in [0.25, 0.3) is 0 Å². The Morgan fingerprint density at radius 2 is 1.85 bits per heavy atom. The van der Waals surface area contributed by atoms with Crippen LogP contribution < -0.4 is 4.90 Å². The van der Waals surface area contributed by atoms with Crippen LogP contribution in [0.4, 0.5) is 5.69 Å². The van der Waals surface area contributed by atoms with Crippen LogP contribution in [0.3, 0.4) is 0 Å². The number of hydrogen-bond donors (Lipinski definition) is 2. The molecule has 6 nitrogen and oxygen atoms in total. The summed E-state index contributed by atoms with van der Waals surface area (Å²) in [5, 5.41) is 17.8. The van der Waals surface area contributed by atoms with Crippen LogP contribution in [-0.2, 0) is 9.59 Å². The molecule has 1 atom stereocenters. The van der Waals surface area contributed by atoms with Gasteiger partial charge in [0.2, 0.25) is 0 Å². The quantitative estimate of drug-likeness (QED) is 0.603. The number of nitrogens with zero attached hydrogens (tertiary/aromatic N) is 1. The summed E-state index contributed by atoms with van der Waals surface area (Å²) < 4.78 is 0. The number of hydrogen-bond acceptors (Lipinski definition) is 4. The first-order valence-corrected chi connectivity index (χ1v) is 6.37. The number of anilines is 1. The lowest BCUT2D eigenvalue weighted by atomic mass is 10.1. The second-order valence-corrected chi connectivity index (χ2v) is 4.67. The molecule has 2 N–H and O–H groups in total. The van der Waals surface area contributed by atoms with Gasteiger partial charge in [-0.05, 0) is 25.0 Å². The molecule has 20 heavy (non-hydrogen) atoms. The molecule has 0 amide bonds. The van der Waals surface area contributed by atoms with E-state index in [0.717, 1.165) is 0 Å². The Labute approximate surface area is 115 Å². The average Bonchev–Trinajstić information content (AvgIpc) is 2.68. The van der Waals surface area contributed by atoms with Crippen LogP contribution >= 0.6 is 0 Å². The van der Waals surface area contributed by atoms with Crippen LogP contribution in [0.1, 0.15) is 29.6 Å². The third-order valence-electron chi connectivity index (χ3n) is 3.31. The van der Waals surface area contributed by atoms with Crippen LogP contribution in [0.15, 0.2) is 24.3 Å². The van der Waals surface area contributed by atoms with Crippen LogP contribution in [0.5, 0.6) is 0 Å². The van der Waals surface area contributed by atoms with E-state index >= 15 is 0 Å². The first-order chi connectivity index (χ1) is 9.52. The molecule has 2 rings (SSSR count). The molecule has 0 saturated carbocycles. The van der Waals surface area contributed by atoms with Crippen LogP contribution in [0.2, 0.25) is 0 Å². The van der Waals surface area contributed by atoms with Gasteiger partial charge < -0.3 is 15.1 Å². The predicted molar refractivity (Wildman–Crippen MR) is 71.0 cm³/mol. The molecule has 1 heterocycles. The molecule has 0 saturated heterocycles. The van der Waals surface area contributed by atoms with Crippen molar-refractivity contribution in [2.45, 2.75) is 25.3 Å². The van der Waals surface area contributed by atoms with Crippen LogP contribution in [0.25, 0.3) is 0 Å². The van der Waals surface area contributed by atoms with Crippen molar-refractivity contribution in [3.63, 3.8) is 0 Å². The van der Waals surface area contributed by atoms with E-state index in [2.05, 4.69) is 0 Å². The highest BCUT2D eigenvalue weighted by molar-refractivity contribution is 6.20. The van der Waals surface area contributed by atoms with Gasteiger partial charge in [0.15, 0.2) is 11.8 Å². The van der Waals surface area contributed by atoms with Gasteiger partial charge in [0, 0.05) is 24.2 Å². The zero-order valence-electron chi connectivity index (χ0n) is 10.8. The highest BCUT2D eigenvalue weighted by Gasteiger charge is 2.41. The summed E-state index contributed by atoms with van der Waals surface area (Å²) in [6, 6.07) is 5.58. The van der Waals surface area contributed by atoms with Crippen molar-refractivity contribution in [2.24, 2.45) is 0 Å². The van der Waals surface area contributed by atoms with Crippen LogP contribution in [0, 0.1) is 0 Å². The summed E-state index contributed by atoms with van der Waals surface area (Å²) in [4.78, 5) is 35.3. The molecule has 0 unspecified atom stereocenters. The number of ketones is 1. The molecule has 0 spiro atoms. The topological polar surface area (TPSA) is 94.9 Å². The number of carbonyl (C=O) groups excluding carboxylic acids is 1. The lowest BCUT2D eigenvalue weighted by Crippen LogP contribution is -2.42. The van der Waals surface area contributed by atoms with Crippen molar-refractivity contribution in [1.29, 1.82) is 0 Å². The van der Waals surface area contributed by atoms with Crippen molar-refractivity contribution in [2.75, 3.05) is 11.4 Å². The monoisotopic (exact) mass is 277 g/mol. The molecule has 1 aliphatic rings. The Kier molecular flexibility index (Phi) is 4.02. The Balaban J connectivity index is 2.13. The van der Waals surface area contributed by atoms with Crippen molar-refractivity contribution in [3.8, 4) is 0 Å². The Morgan fingerprint density at radius 1 is 1.15 bits per heavy atom. The summed E-state index contributed by atoms with van der Waals surface area (Å²) in [6.45, 7) is 0.354. The lowest BCUT2D eigenvalue weighted by Gasteiger charge is -2.23. The number of rotatable bonds is 6. The third-order valence-corrected chi connectivity index (χ3v) is 3.31. The number of benzene rings is 1. The van der Waals surface area contributed by atoms with E-state index in [-0.39, 0.29) is 6.42 Å². The maximum absolute atomic E-state index is 12.1. The fourth-order valence-corrected chi connectivity index (χ4v) is 2.41. The molecule has 0 aromatic heterocycles. The van der Waals surface area contributed by atoms with Crippen LogP contribution in [-0.4, -0.2) is 40.5 Å². The summed E-state index contributed by atoms with van der Waals surface area (Å²) in [5.74, 6) is -2.46. The summed E-state index contributed by atoms with van der Waals surface area (Å²) in [7, 11) is 0. The molecule has 6 heteroatoms. The first kappa shape index (κ1) is 14.0. The Morgan fingerprint density at radius 3 is 2.50 bits per heavy atom. The smallest absolute Gasteiger partial charge is 0.334 e. The zero-order chi connectivity index (χ0) is 14.7. The molecular weight excluding hydrogens is 262 g/mol. The number of unbranched alkanes of at least 4 members (excludes halogenated alkanes) is 1. The number of aliphatic carboxylic acids is 2. The highest BCUT2D eigenvalue weighted by atomic mass is 16.4. The van der Waals surface area contributed by atoms with Crippen molar-refractivity contribution in [1.82, 2.24) is 0 Å². The second kappa shape index (κ2) is 5.73. The van der Waals surface area contributed by atoms with Gasteiger partial charge in [-0.15, -0.1) is 0 Å². The molecule has 1 aromatic rings. The maximum Gasteiger partial charge on any atom is 0.334 e. The first-order valence-electron chi connectivity index (χ1n) is 6.37. The van der Waals surface area contributed by atoms with E-state index in [4.69, 9.17) is 5.11 Å². The highest BCUT2D eigenvalue weighted by Crippen LogP contribution is 2.32. The number of Topliss-reactive ketones (excluding diaryl/α,β-unsaturated/α-hetero) is 1. The zero-order valence-corrected chi connectivity index (χ0v) is 10.8. The minimum atomic E-state index is -1.20. The SMILES string of the molecule is O=C(O)CCCCN1c2ccccc2C(=O)[C@H]1C(=O)O. The number of carbonyl (C=O) groups is 3. The molecule has 0 fully saturated rings.